The highest BCUT2D eigenvalue weighted by molar-refractivity contribution is 7.99. The number of alkyl halides is 3. The molecule has 6 nitrogen and oxygen atoms in total. The number of amides is 1. The van der Waals surface area contributed by atoms with Crippen LogP contribution in [-0.2, 0) is 0 Å². The number of thioether (sulfide) groups is 1. The Morgan fingerprint density at radius 3 is 2.31 bits per heavy atom. The highest BCUT2D eigenvalue weighted by Crippen LogP contribution is 2.48. The summed E-state index contributed by atoms with van der Waals surface area (Å²) in [5.41, 5.74) is 1.41. The van der Waals surface area contributed by atoms with E-state index >= 15 is 0 Å². The van der Waals surface area contributed by atoms with Crippen LogP contribution in [0.25, 0.3) is 0 Å². The molecule has 0 fully saturated rings. The molecule has 0 saturated heterocycles. The third kappa shape index (κ3) is 3.76. The zero-order chi connectivity index (χ0) is 25.1. The second-order valence-corrected chi connectivity index (χ2v) is 10.0. The van der Waals surface area contributed by atoms with E-state index in [0.29, 0.717) is 4.90 Å². The van der Waals surface area contributed by atoms with Crippen LogP contribution in [0, 0.1) is 0 Å². The zero-order valence-electron chi connectivity index (χ0n) is 18.9. The third-order valence-electron chi connectivity index (χ3n) is 6.58. The molecule has 3 aromatic rings. The minimum Gasteiger partial charge on any atom is -0.502 e. The first-order chi connectivity index (χ1) is 16.6. The minimum absolute atomic E-state index is 0.0656. The highest BCUT2D eigenvalue weighted by atomic mass is 32.2. The number of carbonyl (C=O) groups excluding carboxylic acids is 1. The van der Waals surface area contributed by atoms with Gasteiger partial charge in [0, 0.05) is 22.4 Å². The van der Waals surface area contributed by atoms with Gasteiger partial charge in [0.25, 0.3) is 5.91 Å². The number of aromatic hydroxyl groups is 1. The number of aromatic nitrogens is 1. The molecule has 182 valence electrons. The van der Waals surface area contributed by atoms with Gasteiger partial charge in [0.1, 0.15) is 12.7 Å². The summed E-state index contributed by atoms with van der Waals surface area (Å²) < 4.78 is 42.7. The molecular formula is C25H22F3N3O3S. The maximum absolute atomic E-state index is 13.8. The molecule has 5 rings (SSSR count). The number of benzene rings is 2. The standard InChI is InChI=1S/C25H22F3N3O3S/c1-14-16-7-3-4-8-17(16)21(18-9-5-6-10-20(18)35-14)31-13-29(15(2)25(26,27)28)24(34)22-23(33)19(32)11-12-30(22)31/h3-12,14-15,21,33H,13H2,1-2H3/t14-,15-,21+/m1/s1. The van der Waals surface area contributed by atoms with Crippen LogP contribution in [0.4, 0.5) is 13.2 Å². The van der Waals surface area contributed by atoms with E-state index in [9.17, 15) is 27.9 Å². The maximum Gasteiger partial charge on any atom is 0.408 e. The van der Waals surface area contributed by atoms with Crippen molar-refractivity contribution < 1.29 is 23.1 Å². The van der Waals surface area contributed by atoms with Crippen LogP contribution < -0.4 is 10.4 Å². The van der Waals surface area contributed by atoms with Crippen molar-refractivity contribution in [3.63, 3.8) is 0 Å². The molecule has 2 aromatic carbocycles. The number of halogens is 3. The first-order valence-corrected chi connectivity index (χ1v) is 11.9. The van der Waals surface area contributed by atoms with Crippen molar-refractivity contribution in [2.75, 3.05) is 11.7 Å². The van der Waals surface area contributed by atoms with E-state index in [2.05, 4.69) is 6.92 Å². The van der Waals surface area contributed by atoms with Crippen molar-refractivity contribution in [3.05, 3.63) is 93.4 Å². The number of fused-ring (bicyclic) bond motifs is 3. The molecule has 0 aliphatic carbocycles. The van der Waals surface area contributed by atoms with Gasteiger partial charge in [0.15, 0.2) is 11.4 Å². The fraction of sp³-hybridized carbons (Fsp3) is 0.280. The van der Waals surface area contributed by atoms with Crippen LogP contribution in [0.1, 0.15) is 52.3 Å². The number of carbonyl (C=O) groups is 1. The second kappa shape index (κ2) is 8.37. The van der Waals surface area contributed by atoms with Gasteiger partial charge in [-0.2, -0.15) is 13.2 Å². The van der Waals surface area contributed by atoms with Gasteiger partial charge in [-0.15, -0.1) is 11.8 Å². The van der Waals surface area contributed by atoms with E-state index in [-0.39, 0.29) is 5.25 Å². The Morgan fingerprint density at radius 2 is 1.63 bits per heavy atom. The Bertz CT molecular complexity index is 1370. The summed E-state index contributed by atoms with van der Waals surface area (Å²) in [5.74, 6) is -1.93. The molecule has 2 aliphatic rings. The van der Waals surface area contributed by atoms with Gasteiger partial charge in [0.05, 0.1) is 6.04 Å². The second-order valence-electron chi connectivity index (χ2n) is 8.62. The monoisotopic (exact) mass is 501 g/mol. The minimum atomic E-state index is -4.70. The van der Waals surface area contributed by atoms with Crippen molar-refractivity contribution in [1.82, 2.24) is 9.58 Å². The number of hydrogen-bond donors (Lipinski definition) is 1. The lowest BCUT2D eigenvalue weighted by Gasteiger charge is -2.46. The molecule has 35 heavy (non-hydrogen) atoms. The molecule has 1 N–H and O–H groups in total. The van der Waals surface area contributed by atoms with Gasteiger partial charge in [0.2, 0.25) is 5.43 Å². The van der Waals surface area contributed by atoms with Crippen molar-refractivity contribution in [1.29, 1.82) is 0 Å². The smallest absolute Gasteiger partial charge is 0.408 e. The van der Waals surface area contributed by atoms with E-state index in [1.54, 1.807) is 16.8 Å². The molecule has 1 amide bonds. The van der Waals surface area contributed by atoms with Crippen molar-refractivity contribution in [2.45, 2.75) is 42.3 Å². The highest BCUT2D eigenvalue weighted by Gasteiger charge is 2.47. The molecule has 10 heteroatoms. The van der Waals surface area contributed by atoms with Gasteiger partial charge >= 0.3 is 6.18 Å². The molecule has 1 aromatic heterocycles. The third-order valence-corrected chi connectivity index (χ3v) is 7.81. The van der Waals surface area contributed by atoms with Crippen LogP contribution in [-0.4, -0.2) is 39.5 Å². The van der Waals surface area contributed by atoms with Gasteiger partial charge in [-0.25, -0.2) is 0 Å². The maximum atomic E-state index is 13.8. The lowest BCUT2D eigenvalue weighted by atomic mass is 9.92. The fourth-order valence-corrected chi connectivity index (χ4v) is 5.92. The SMILES string of the molecule is C[C@H]1Sc2ccccc2[C@@H](N2CN([C@H](C)C(F)(F)F)C(=O)c3c(O)c(=O)ccn32)c2ccccc21. The quantitative estimate of drug-likeness (QED) is 0.546. The topological polar surface area (TPSA) is 65.8 Å². The molecular weight excluding hydrogens is 479 g/mol. The molecule has 0 bridgehead atoms. The first-order valence-electron chi connectivity index (χ1n) is 11.0. The molecule has 0 saturated carbocycles. The van der Waals surface area contributed by atoms with E-state index in [4.69, 9.17) is 0 Å². The van der Waals surface area contributed by atoms with Crippen LogP contribution in [0.5, 0.6) is 5.75 Å². The van der Waals surface area contributed by atoms with Gasteiger partial charge in [-0.1, -0.05) is 42.5 Å². The Hall–Kier alpha value is -3.40. The largest absolute Gasteiger partial charge is 0.502 e. The summed E-state index contributed by atoms with van der Waals surface area (Å²) in [6.45, 7) is 2.56. The summed E-state index contributed by atoms with van der Waals surface area (Å²) in [5, 5.41) is 12.2. The predicted octanol–water partition coefficient (Wildman–Crippen LogP) is 4.81. The van der Waals surface area contributed by atoms with E-state index in [0.717, 1.165) is 34.6 Å². The fourth-order valence-electron chi connectivity index (χ4n) is 4.72. The summed E-state index contributed by atoms with van der Waals surface area (Å²) in [6, 6.07) is 13.7. The lowest BCUT2D eigenvalue weighted by molar-refractivity contribution is -0.173. The molecule has 2 aliphatic heterocycles. The lowest BCUT2D eigenvalue weighted by Crippen LogP contribution is -2.60. The average molecular weight is 502 g/mol. The summed E-state index contributed by atoms with van der Waals surface area (Å²) >= 11 is 1.65. The molecule has 3 atom stereocenters. The summed E-state index contributed by atoms with van der Waals surface area (Å²) in [7, 11) is 0. The molecule has 0 unspecified atom stereocenters. The van der Waals surface area contributed by atoms with Crippen LogP contribution in [0.2, 0.25) is 0 Å². The molecule has 0 radical (unpaired) electrons. The van der Waals surface area contributed by atoms with Crippen molar-refractivity contribution in [2.24, 2.45) is 0 Å². The van der Waals surface area contributed by atoms with Crippen molar-refractivity contribution in [3.8, 4) is 5.75 Å². The van der Waals surface area contributed by atoms with Gasteiger partial charge < -0.3 is 10.0 Å². The number of hydrogen-bond acceptors (Lipinski definition) is 5. The number of rotatable bonds is 2. The van der Waals surface area contributed by atoms with Crippen LogP contribution in [0.15, 0.2) is 70.5 Å². The Labute approximate surface area is 203 Å². The van der Waals surface area contributed by atoms with Crippen LogP contribution >= 0.6 is 11.8 Å². The zero-order valence-corrected chi connectivity index (χ0v) is 19.7. The Balaban J connectivity index is 1.79. The van der Waals surface area contributed by atoms with E-state index < -0.39 is 47.7 Å². The van der Waals surface area contributed by atoms with Crippen molar-refractivity contribution >= 4 is 17.7 Å². The summed E-state index contributed by atoms with van der Waals surface area (Å²) in [4.78, 5) is 27.0. The van der Waals surface area contributed by atoms with E-state index in [1.165, 1.54) is 10.9 Å². The molecule has 3 heterocycles. The summed E-state index contributed by atoms with van der Waals surface area (Å²) in [6.07, 6.45) is -3.37. The number of pyridine rings is 1. The predicted molar refractivity (Wildman–Crippen MR) is 126 cm³/mol. The number of nitrogens with zero attached hydrogens (tertiary/aromatic N) is 3. The Morgan fingerprint density at radius 1 is 1.00 bits per heavy atom. The first kappa shape index (κ1) is 23.3. The van der Waals surface area contributed by atoms with Crippen LogP contribution in [0.3, 0.4) is 0 Å². The normalized spacial score (nSPS) is 20.5. The molecule has 0 spiro atoms. The average Bonchev–Trinajstić information content (AvgIpc) is 2.94. The Kier molecular flexibility index (Phi) is 5.58. The van der Waals surface area contributed by atoms with Gasteiger partial charge in [-0.05, 0) is 36.6 Å². The van der Waals surface area contributed by atoms with Gasteiger partial charge in [-0.3, -0.25) is 19.3 Å². The van der Waals surface area contributed by atoms with E-state index in [1.807, 2.05) is 48.5 Å².